The molecule has 0 saturated carbocycles. The van der Waals surface area contributed by atoms with Crippen molar-refractivity contribution in [3.05, 3.63) is 88.9 Å². The van der Waals surface area contributed by atoms with Crippen molar-refractivity contribution >= 4 is 45.0 Å². The molecule has 0 aliphatic heterocycles. The largest absolute Gasteiger partial charge is 0.493 e. The third-order valence-corrected chi connectivity index (χ3v) is 5.48. The molecule has 0 unspecified atom stereocenters. The number of nitrogens with one attached hydrogen (secondary N) is 1. The summed E-state index contributed by atoms with van der Waals surface area (Å²) in [5.41, 5.74) is 4.58. The van der Waals surface area contributed by atoms with Crippen LogP contribution in [0.3, 0.4) is 0 Å². The monoisotopic (exact) mass is 440 g/mol. The van der Waals surface area contributed by atoms with E-state index in [0.29, 0.717) is 38.1 Å². The van der Waals surface area contributed by atoms with E-state index in [1.165, 1.54) is 0 Å². The van der Waals surface area contributed by atoms with Crippen LogP contribution in [-0.4, -0.2) is 21.0 Å². The number of H-pyrrole nitrogens is 1. The molecule has 32 heavy (non-hydrogen) atoms. The lowest BCUT2D eigenvalue weighted by Gasteiger charge is -2.07. The second-order valence-electron chi connectivity index (χ2n) is 7.46. The second kappa shape index (κ2) is 7.90. The molecule has 2 N–H and O–H groups in total. The lowest BCUT2D eigenvalue weighted by atomic mass is 10.0. The molecule has 0 radical (unpaired) electrons. The zero-order valence-electron chi connectivity index (χ0n) is 17.0. The molecule has 5 aromatic rings. The Morgan fingerprint density at radius 2 is 1.78 bits per heavy atom. The standard InChI is InChI=1S/C25H17ClN4O2/c1-14-6-8-15(9-7-14)22-13-18(17-4-2-3-5-20(17)27-22)24(31)30-29-23-19-12-16(26)10-11-21(19)28-25(23)32/h2-13,28,32H,1H3. The summed E-state index contributed by atoms with van der Waals surface area (Å²) in [5.74, 6) is -0.716. The zero-order valence-corrected chi connectivity index (χ0v) is 17.8. The van der Waals surface area contributed by atoms with Crippen molar-refractivity contribution in [3.63, 3.8) is 0 Å². The molecule has 5 rings (SSSR count). The van der Waals surface area contributed by atoms with E-state index in [1.807, 2.05) is 55.5 Å². The van der Waals surface area contributed by atoms with Crippen molar-refractivity contribution < 1.29 is 9.90 Å². The Balaban J connectivity index is 1.60. The van der Waals surface area contributed by atoms with Crippen LogP contribution in [0.1, 0.15) is 15.9 Å². The molecule has 0 aliphatic rings. The van der Waals surface area contributed by atoms with Crippen LogP contribution >= 0.6 is 11.6 Å². The van der Waals surface area contributed by atoms with Gasteiger partial charge >= 0.3 is 0 Å². The first-order valence-electron chi connectivity index (χ1n) is 9.93. The van der Waals surface area contributed by atoms with Crippen molar-refractivity contribution in [2.75, 3.05) is 0 Å². The Morgan fingerprint density at radius 3 is 2.59 bits per heavy atom. The number of para-hydroxylation sites is 1. The Hall–Kier alpha value is -4.03. The number of amides is 1. The Morgan fingerprint density at radius 1 is 1.00 bits per heavy atom. The number of aromatic amines is 1. The number of fused-ring (bicyclic) bond motifs is 2. The molecular formula is C25H17ClN4O2. The maximum absolute atomic E-state index is 13.1. The van der Waals surface area contributed by atoms with Gasteiger partial charge in [0.25, 0.3) is 5.91 Å². The fraction of sp³-hybridized carbons (Fsp3) is 0.0400. The summed E-state index contributed by atoms with van der Waals surface area (Å²) < 4.78 is 0. The number of pyridine rings is 1. The third-order valence-electron chi connectivity index (χ3n) is 5.25. The number of hydrogen-bond acceptors (Lipinski definition) is 4. The van der Waals surface area contributed by atoms with Gasteiger partial charge in [-0.1, -0.05) is 59.6 Å². The van der Waals surface area contributed by atoms with Crippen LogP contribution < -0.4 is 0 Å². The number of azo groups is 1. The molecule has 2 aromatic heterocycles. The Bertz CT molecular complexity index is 1520. The van der Waals surface area contributed by atoms with E-state index in [-0.39, 0.29) is 11.6 Å². The first-order valence-corrected chi connectivity index (χ1v) is 10.3. The van der Waals surface area contributed by atoms with Gasteiger partial charge in [0, 0.05) is 21.4 Å². The Kier molecular flexibility index (Phi) is 4.92. The van der Waals surface area contributed by atoms with Crippen LogP contribution in [0.25, 0.3) is 33.1 Å². The van der Waals surface area contributed by atoms with E-state index in [4.69, 9.17) is 16.6 Å². The second-order valence-corrected chi connectivity index (χ2v) is 7.89. The molecule has 3 aromatic carbocycles. The molecule has 1 amide bonds. The van der Waals surface area contributed by atoms with Gasteiger partial charge in [0.05, 0.1) is 22.3 Å². The highest BCUT2D eigenvalue weighted by Crippen LogP contribution is 2.37. The zero-order chi connectivity index (χ0) is 22.2. The number of hydrogen-bond donors (Lipinski definition) is 2. The maximum atomic E-state index is 13.1. The fourth-order valence-electron chi connectivity index (χ4n) is 3.61. The smallest absolute Gasteiger partial charge is 0.296 e. The van der Waals surface area contributed by atoms with Crippen molar-refractivity contribution in [1.82, 2.24) is 9.97 Å². The first-order chi connectivity index (χ1) is 15.5. The molecule has 0 fully saturated rings. The van der Waals surface area contributed by atoms with E-state index < -0.39 is 5.91 Å². The lowest BCUT2D eigenvalue weighted by Crippen LogP contribution is -1.99. The minimum atomic E-state index is -0.535. The first kappa shape index (κ1) is 19.9. The number of nitrogens with zero attached hydrogens (tertiary/aromatic N) is 3. The summed E-state index contributed by atoms with van der Waals surface area (Å²) >= 11 is 6.07. The molecule has 0 bridgehead atoms. The Labute approximate surface area is 188 Å². The van der Waals surface area contributed by atoms with Crippen LogP contribution in [0.4, 0.5) is 5.69 Å². The molecule has 0 saturated heterocycles. The average Bonchev–Trinajstić information content (AvgIpc) is 3.11. The molecule has 2 heterocycles. The number of carbonyl (C=O) groups is 1. The van der Waals surface area contributed by atoms with Crippen molar-refractivity contribution in [3.8, 4) is 17.1 Å². The summed E-state index contributed by atoms with van der Waals surface area (Å²) in [7, 11) is 0. The van der Waals surface area contributed by atoms with Crippen molar-refractivity contribution in [1.29, 1.82) is 0 Å². The highest BCUT2D eigenvalue weighted by Gasteiger charge is 2.16. The van der Waals surface area contributed by atoms with E-state index in [2.05, 4.69) is 15.2 Å². The summed E-state index contributed by atoms with van der Waals surface area (Å²) in [6.45, 7) is 2.01. The highest BCUT2D eigenvalue weighted by molar-refractivity contribution is 6.31. The quantitative estimate of drug-likeness (QED) is 0.296. The number of aryl methyl sites for hydroxylation is 1. The maximum Gasteiger partial charge on any atom is 0.296 e. The van der Waals surface area contributed by atoms with Crippen LogP contribution in [-0.2, 0) is 0 Å². The van der Waals surface area contributed by atoms with Gasteiger partial charge in [-0.15, -0.1) is 10.2 Å². The number of halogens is 1. The molecule has 156 valence electrons. The number of rotatable bonds is 3. The average molecular weight is 441 g/mol. The molecular weight excluding hydrogens is 424 g/mol. The summed E-state index contributed by atoms with van der Waals surface area (Å²) in [4.78, 5) is 20.6. The third kappa shape index (κ3) is 3.61. The predicted molar refractivity (Wildman–Crippen MR) is 126 cm³/mol. The van der Waals surface area contributed by atoms with E-state index in [0.717, 1.165) is 11.1 Å². The lowest BCUT2D eigenvalue weighted by molar-refractivity contribution is 0.0996. The molecule has 7 heteroatoms. The van der Waals surface area contributed by atoms with Crippen LogP contribution in [0.5, 0.6) is 5.88 Å². The van der Waals surface area contributed by atoms with Gasteiger partial charge < -0.3 is 10.1 Å². The van der Waals surface area contributed by atoms with Crippen molar-refractivity contribution in [2.45, 2.75) is 6.92 Å². The number of benzene rings is 3. The van der Waals surface area contributed by atoms with E-state index in [1.54, 1.807) is 24.3 Å². The molecule has 0 aliphatic carbocycles. The fourth-order valence-corrected chi connectivity index (χ4v) is 3.78. The predicted octanol–water partition coefficient (Wildman–Crippen LogP) is 6.97. The number of carbonyl (C=O) groups excluding carboxylic acids is 1. The van der Waals surface area contributed by atoms with Crippen molar-refractivity contribution in [2.24, 2.45) is 10.2 Å². The molecule has 0 atom stereocenters. The topological polar surface area (TPSA) is 90.7 Å². The summed E-state index contributed by atoms with van der Waals surface area (Å²) in [6.07, 6.45) is 0. The van der Waals surface area contributed by atoms with E-state index in [9.17, 15) is 9.90 Å². The van der Waals surface area contributed by atoms with Gasteiger partial charge in [-0.25, -0.2) is 4.98 Å². The summed E-state index contributed by atoms with van der Waals surface area (Å²) in [6, 6.07) is 22.1. The number of aromatic nitrogens is 2. The number of aromatic hydroxyl groups is 1. The normalized spacial score (nSPS) is 11.6. The van der Waals surface area contributed by atoms with Crippen LogP contribution in [0.2, 0.25) is 5.02 Å². The molecule has 6 nitrogen and oxygen atoms in total. The molecule has 0 spiro atoms. The van der Waals surface area contributed by atoms with Gasteiger partial charge in [-0.05, 0) is 37.3 Å². The van der Waals surface area contributed by atoms with Gasteiger partial charge in [0.2, 0.25) is 5.88 Å². The van der Waals surface area contributed by atoms with Gasteiger partial charge in [0.15, 0.2) is 5.69 Å². The minimum absolute atomic E-state index is 0.160. The van der Waals surface area contributed by atoms with Crippen LogP contribution in [0.15, 0.2) is 83.0 Å². The van der Waals surface area contributed by atoms with Gasteiger partial charge in [-0.2, -0.15) is 0 Å². The SMILES string of the molecule is Cc1ccc(-c2cc(C(=O)N=Nc3c(O)[nH]c4ccc(Cl)cc34)c3ccccc3n2)cc1. The van der Waals surface area contributed by atoms with Gasteiger partial charge in [-0.3, -0.25) is 4.79 Å². The summed E-state index contributed by atoms with van der Waals surface area (Å²) in [5, 5.41) is 19.9. The van der Waals surface area contributed by atoms with Crippen LogP contribution in [0, 0.1) is 6.92 Å². The highest BCUT2D eigenvalue weighted by atomic mass is 35.5. The van der Waals surface area contributed by atoms with Gasteiger partial charge in [0.1, 0.15) is 0 Å². The van der Waals surface area contributed by atoms with E-state index >= 15 is 0 Å². The minimum Gasteiger partial charge on any atom is -0.493 e.